The fraction of sp³-hybridized carbons (Fsp3) is 0.800. The topological polar surface area (TPSA) is 51.4 Å². The summed E-state index contributed by atoms with van der Waals surface area (Å²) in [5, 5.41) is 11.7. The maximum absolute atomic E-state index is 8.46. The lowest BCUT2D eigenvalue weighted by atomic mass is 10.4. The van der Waals surface area contributed by atoms with Crippen molar-refractivity contribution in [2.75, 3.05) is 25.9 Å². The first-order valence-electron chi connectivity index (χ1n) is 5.29. The van der Waals surface area contributed by atoms with Gasteiger partial charge in [-0.2, -0.15) is 5.26 Å². The van der Waals surface area contributed by atoms with Crippen LogP contribution < -0.4 is 5.32 Å². The van der Waals surface area contributed by atoms with Crippen LogP contribution in [-0.4, -0.2) is 42.0 Å². The van der Waals surface area contributed by atoms with Gasteiger partial charge in [0.2, 0.25) is 0 Å². The predicted molar refractivity (Wildman–Crippen MR) is 64.8 cm³/mol. The highest BCUT2D eigenvalue weighted by atomic mass is 32.2. The average molecular weight is 226 g/mol. The first-order valence-corrected chi connectivity index (χ1v) is 6.51. The molecule has 0 saturated heterocycles. The van der Waals surface area contributed by atoms with Crippen LogP contribution in [0.5, 0.6) is 0 Å². The Morgan fingerprint density at radius 2 is 2.40 bits per heavy atom. The standard InChI is InChI=1S/C10H18N4S/c1-3-14(9-4-5-9)7-6-12-10(15-2)13-8-11/h9H,3-7H2,1-2H3,(H,12,13). The molecule has 1 rings (SSSR count). The lowest BCUT2D eigenvalue weighted by Crippen LogP contribution is -2.29. The molecule has 5 heteroatoms. The van der Waals surface area contributed by atoms with Crippen molar-refractivity contribution < 1.29 is 0 Å². The van der Waals surface area contributed by atoms with Crippen LogP contribution in [0.4, 0.5) is 0 Å². The van der Waals surface area contributed by atoms with Crippen LogP contribution in [-0.2, 0) is 0 Å². The van der Waals surface area contributed by atoms with Gasteiger partial charge in [-0.05, 0) is 25.6 Å². The summed E-state index contributed by atoms with van der Waals surface area (Å²) in [6, 6.07) is 0.798. The van der Waals surface area contributed by atoms with Gasteiger partial charge < -0.3 is 0 Å². The van der Waals surface area contributed by atoms with Crippen LogP contribution in [0, 0.1) is 11.5 Å². The number of thioether (sulfide) groups is 1. The molecule has 0 bridgehead atoms. The third-order valence-corrected chi connectivity index (χ3v) is 3.09. The molecule has 0 spiro atoms. The van der Waals surface area contributed by atoms with Gasteiger partial charge in [0.1, 0.15) is 0 Å². The van der Waals surface area contributed by atoms with Gasteiger partial charge >= 0.3 is 0 Å². The number of aliphatic imine (C=N–C) groups is 1. The van der Waals surface area contributed by atoms with Crippen molar-refractivity contribution in [3.8, 4) is 6.19 Å². The molecular formula is C10H18N4S. The van der Waals surface area contributed by atoms with E-state index in [1.54, 1.807) is 0 Å². The SMILES string of the molecule is CCN(CCN=C(NC#N)SC)C1CC1. The third kappa shape index (κ3) is 4.54. The predicted octanol–water partition coefficient (Wildman–Crippen LogP) is 1.26. The molecule has 1 fully saturated rings. The summed E-state index contributed by atoms with van der Waals surface area (Å²) in [6.07, 6.45) is 6.48. The summed E-state index contributed by atoms with van der Waals surface area (Å²) >= 11 is 1.48. The van der Waals surface area contributed by atoms with Crippen LogP contribution >= 0.6 is 11.8 Å². The second kappa shape index (κ2) is 6.70. The van der Waals surface area contributed by atoms with Crippen LogP contribution in [0.25, 0.3) is 0 Å². The first-order chi connectivity index (χ1) is 7.31. The number of nitrogens with zero attached hydrogens (tertiary/aromatic N) is 3. The van der Waals surface area contributed by atoms with E-state index in [9.17, 15) is 0 Å². The molecule has 0 aromatic carbocycles. The largest absolute Gasteiger partial charge is 0.299 e. The van der Waals surface area contributed by atoms with E-state index >= 15 is 0 Å². The normalized spacial score (nSPS) is 16.5. The van der Waals surface area contributed by atoms with Gasteiger partial charge in [0.25, 0.3) is 0 Å². The molecule has 0 unspecified atom stereocenters. The molecule has 1 saturated carbocycles. The minimum atomic E-state index is 0.712. The lowest BCUT2D eigenvalue weighted by Gasteiger charge is -2.18. The number of hydrogen-bond donors (Lipinski definition) is 1. The summed E-state index contributed by atoms with van der Waals surface area (Å²) in [5.74, 6) is 0. The Hall–Kier alpha value is -0.730. The van der Waals surface area contributed by atoms with Crippen molar-refractivity contribution in [2.45, 2.75) is 25.8 Å². The van der Waals surface area contributed by atoms with Crippen molar-refractivity contribution in [3.05, 3.63) is 0 Å². The van der Waals surface area contributed by atoms with Crippen molar-refractivity contribution >= 4 is 16.9 Å². The van der Waals surface area contributed by atoms with E-state index in [0.717, 1.165) is 25.7 Å². The molecule has 4 nitrogen and oxygen atoms in total. The lowest BCUT2D eigenvalue weighted by molar-refractivity contribution is 0.286. The van der Waals surface area contributed by atoms with E-state index in [2.05, 4.69) is 22.1 Å². The highest BCUT2D eigenvalue weighted by Gasteiger charge is 2.26. The van der Waals surface area contributed by atoms with E-state index in [0.29, 0.717) is 5.17 Å². The zero-order valence-corrected chi connectivity index (χ0v) is 10.2. The van der Waals surface area contributed by atoms with E-state index in [-0.39, 0.29) is 0 Å². The van der Waals surface area contributed by atoms with Crippen LogP contribution in [0.1, 0.15) is 19.8 Å². The summed E-state index contributed by atoms with van der Waals surface area (Å²) in [7, 11) is 0. The number of rotatable bonds is 5. The minimum absolute atomic E-state index is 0.712. The van der Waals surface area contributed by atoms with Crippen molar-refractivity contribution in [3.63, 3.8) is 0 Å². The Morgan fingerprint density at radius 3 is 2.87 bits per heavy atom. The first kappa shape index (κ1) is 12.3. The Labute approximate surface area is 95.7 Å². The summed E-state index contributed by atoms with van der Waals surface area (Å²) in [4.78, 5) is 6.79. The van der Waals surface area contributed by atoms with Gasteiger partial charge in [-0.3, -0.25) is 15.2 Å². The van der Waals surface area contributed by atoms with Crippen molar-refractivity contribution in [1.82, 2.24) is 10.2 Å². The molecule has 0 aromatic rings. The fourth-order valence-electron chi connectivity index (χ4n) is 1.52. The Balaban J connectivity index is 2.25. The van der Waals surface area contributed by atoms with Gasteiger partial charge in [-0.15, -0.1) is 0 Å². The van der Waals surface area contributed by atoms with E-state index in [1.807, 2.05) is 12.4 Å². The van der Waals surface area contributed by atoms with E-state index < -0.39 is 0 Å². The second-order valence-electron chi connectivity index (χ2n) is 3.49. The Morgan fingerprint density at radius 1 is 1.67 bits per heavy atom. The Bertz CT molecular complexity index is 255. The highest BCUT2D eigenvalue weighted by Crippen LogP contribution is 2.25. The quantitative estimate of drug-likeness (QED) is 0.332. The number of likely N-dealkylation sites (N-methyl/N-ethyl adjacent to an activating group) is 1. The maximum atomic E-state index is 8.46. The Kier molecular flexibility index (Phi) is 5.51. The average Bonchev–Trinajstić information content (AvgIpc) is 3.06. The minimum Gasteiger partial charge on any atom is -0.299 e. The van der Waals surface area contributed by atoms with E-state index in [4.69, 9.17) is 5.26 Å². The van der Waals surface area contributed by atoms with Gasteiger partial charge in [0.05, 0.1) is 6.54 Å². The van der Waals surface area contributed by atoms with Crippen molar-refractivity contribution in [2.24, 2.45) is 4.99 Å². The molecule has 15 heavy (non-hydrogen) atoms. The van der Waals surface area contributed by atoms with Gasteiger partial charge in [0.15, 0.2) is 11.4 Å². The van der Waals surface area contributed by atoms with Crippen LogP contribution in [0.15, 0.2) is 4.99 Å². The monoisotopic (exact) mass is 226 g/mol. The van der Waals surface area contributed by atoms with Gasteiger partial charge in [-0.1, -0.05) is 18.7 Å². The van der Waals surface area contributed by atoms with Gasteiger partial charge in [0, 0.05) is 12.6 Å². The van der Waals surface area contributed by atoms with Crippen molar-refractivity contribution in [1.29, 1.82) is 5.26 Å². The molecule has 0 radical (unpaired) electrons. The van der Waals surface area contributed by atoms with E-state index in [1.165, 1.54) is 24.6 Å². The molecule has 1 aliphatic carbocycles. The molecular weight excluding hydrogens is 208 g/mol. The summed E-state index contributed by atoms with van der Waals surface area (Å²) in [6.45, 7) is 5.05. The molecule has 0 aliphatic heterocycles. The number of nitriles is 1. The third-order valence-electron chi connectivity index (χ3n) is 2.47. The molecule has 0 amide bonds. The number of nitrogens with one attached hydrogen (secondary N) is 1. The molecule has 0 heterocycles. The number of amidine groups is 1. The molecule has 84 valence electrons. The smallest absolute Gasteiger partial charge is 0.183 e. The zero-order chi connectivity index (χ0) is 11.1. The maximum Gasteiger partial charge on any atom is 0.183 e. The molecule has 1 aliphatic rings. The summed E-state index contributed by atoms with van der Waals surface area (Å²) in [5.41, 5.74) is 0. The second-order valence-corrected chi connectivity index (χ2v) is 4.28. The summed E-state index contributed by atoms with van der Waals surface area (Å²) < 4.78 is 0. The fourth-order valence-corrected chi connectivity index (χ4v) is 1.89. The van der Waals surface area contributed by atoms with Gasteiger partial charge in [-0.25, -0.2) is 0 Å². The zero-order valence-electron chi connectivity index (χ0n) is 9.36. The highest BCUT2D eigenvalue weighted by molar-refractivity contribution is 8.13. The number of hydrogen-bond acceptors (Lipinski definition) is 4. The molecule has 1 N–H and O–H groups in total. The van der Waals surface area contributed by atoms with Crippen LogP contribution in [0.2, 0.25) is 0 Å². The van der Waals surface area contributed by atoms with Crippen LogP contribution in [0.3, 0.4) is 0 Å². The molecule has 0 atom stereocenters. The molecule has 0 aromatic heterocycles.